The minimum absolute atomic E-state index is 0.0676. The highest BCUT2D eigenvalue weighted by molar-refractivity contribution is 5.94. The summed E-state index contributed by atoms with van der Waals surface area (Å²) >= 11 is 0. The number of fused-ring (bicyclic) bond motifs is 2. The molecule has 3 aliphatic rings. The van der Waals surface area contributed by atoms with Crippen LogP contribution < -0.4 is 15.8 Å². The minimum Gasteiger partial charge on any atom is -0.486 e. The maximum absolute atomic E-state index is 12.9. The molecule has 25 heavy (non-hydrogen) atoms. The third-order valence-electron chi connectivity index (χ3n) is 6.11. The molecule has 1 aliphatic heterocycles. The van der Waals surface area contributed by atoms with Crippen LogP contribution in [0.15, 0.2) is 24.3 Å². The lowest BCUT2D eigenvalue weighted by Crippen LogP contribution is -2.48. The van der Waals surface area contributed by atoms with Gasteiger partial charge in [-0.25, -0.2) is 0 Å². The number of hydrogen-bond acceptors (Lipinski definition) is 4. The summed E-state index contributed by atoms with van der Waals surface area (Å²) in [5.74, 6) is 1.93. The van der Waals surface area contributed by atoms with E-state index in [9.17, 15) is 4.79 Å². The Labute approximate surface area is 149 Å². The van der Waals surface area contributed by atoms with Gasteiger partial charge in [0.1, 0.15) is 11.9 Å². The molecular formula is C20H28N2O3. The fourth-order valence-corrected chi connectivity index (χ4v) is 4.70. The molecule has 5 heteroatoms. The van der Waals surface area contributed by atoms with Gasteiger partial charge in [0.15, 0.2) is 0 Å². The van der Waals surface area contributed by atoms with E-state index in [0.29, 0.717) is 18.4 Å². The number of amides is 1. The SMILES string of the molecule is NC1C2CCCC1CC(C(=O)Nc1ccccc1OC1CCOC1)C2. The molecule has 2 aliphatic carbocycles. The second-order valence-corrected chi connectivity index (χ2v) is 7.79. The standard InChI is InChI=1S/C20H28N2O3/c21-19-13-4-3-5-14(19)11-15(10-13)20(23)22-17-6-1-2-7-18(17)25-16-8-9-24-12-16/h1-2,6-7,13-16,19H,3-5,8-12,21H2,(H,22,23). The van der Waals surface area contributed by atoms with E-state index in [1.54, 1.807) is 0 Å². The number of hydrogen-bond donors (Lipinski definition) is 2. The molecule has 1 saturated heterocycles. The fraction of sp³-hybridized carbons (Fsp3) is 0.650. The van der Waals surface area contributed by atoms with E-state index in [0.717, 1.165) is 37.3 Å². The van der Waals surface area contributed by atoms with Gasteiger partial charge in [-0.3, -0.25) is 4.79 Å². The van der Waals surface area contributed by atoms with Gasteiger partial charge in [-0.15, -0.1) is 0 Å². The number of benzene rings is 1. The quantitative estimate of drug-likeness (QED) is 0.881. The van der Waals surface area contributed by atoms with Crippen molar-refractivity contribution < 1.29 is 14.3 Å². The predicted octanol–water partition coefficient (Wildman–Crippen LogP) is 2.95. The monoisotopic (exact) mass is 344 g/mol. The summed E-state index contributed by atoms with van der Waals surface area (Å²) in [7, 11) is 0. The van der Waals surface area contributed by atoms with Gasteiger partial charge >= 0.3 is 0 Å². The molecule has 2 saturated carbocycles. The van der Waals surface area contributed by atoms with E-state index in [1.165, 1.54) is 19.3 Å². The normalized spacial score (nSPS) is 34.5. The summed E-state index contributed by atoms with van der Waals surface area (Å²) in [5.41, 5.74) is 7.11. The van der Waals surface area contributed by atoms with E-state index in [-0.39, 0.29) is 24.0 Å². The van der Waals surface area contributed by atoms with Crippen LogP contribution in [0.1, 0.15) is 38.5 Å². The van der Waals surface area contributed by atoms with Crippen LogP contribution in [-0.2, 0) is 9.53 Å². The summed E-state index contributed by atoms with van der Waals surface area (Å²) in [6.45, 7) is 1.36. The van der Waals surface area contributed by atoms with Crippen LogP contribution in [0.25, 0.3) is 0 Å². The number of para-hydroxylation sites is 2. The molecule has 1 amide bonds. The summed E-state index contributed by atoms with van der Waals surface area (Å²) in [5, 5.41) is 3.11. The van der Waals surface area contributed by atoms with Gasteiger partial charge in [-0.05, 0) is 49.7 Å². The zero-order chi connectivity index (χ0) is 17.2. The van der Waals surface area contributed by atoms with Gasteiger partial charge in [-0.1, -0.05) is 18.6 Å². The average molecular weight is 344 g/mol. The molecule has 3 unspecified atom stereocenters. The maximum atomic E-state index is 12.9. The van der Waals surface area contributed by atoms with Crippen LogP contribution in [0.5, 0.6) is 5.75 Å². The third-order valence-corrected chi connectivity index (χ3v) is 6.11. The van der Waals surface area contributed by atoms with E-state index < -0.39 is 0 Å². The van der Waals surface area contributed by atoms with Crippen LogP contribution in [0.3, 0.4) is 0 Å². The highest BCUT2D eigenvalue weighted by Gasteiger charge is 2.40. The van der Waals surface area contributed by atoms with Gasteiger partial charge in [0.25, 0.3) is 0 Å². The molecule has 3 fully saturated rings. The van der Waals surface area contributed by atoms with Crippen LogP contribution in [0.4, 0.5) is 5.69 Å². The lowest BCUT2D eigenvalue weighted by atomic mass is 9.65. The largest absolute Gasteiger partial charge is 0.486 e. The highest BCUT2D eigenvalue weighted by Crippen LogP contribution is 2.42. The molecule has 0 radical (unpaired) electrons. The number of nitrogens with two attached hydrogens (primary N) is 1. The molecule has 2 bridgehead atoms. The van der Waals surface area contributed by atoms with Crippen molar-refractivity contribution in [3.8, 4) is 5.75 Å². The van der Waals surface area contributed by atoms with Crippen molar-refractivity contribution in [3.05, 3.63) is 24.3 Å². The first-order valence-electron chi connectivity index (χ1n) is 9.60. The van der Waals surface area contributed by atoms with Gasteiger partial charge in [0.05, 0.1) is 18.9 Å². The van der Waals surface area contributed by atoms with Crippen LogP contribution in [-0.4, -0.2) is 31.3 Å². The maximum Gasteiger partial charge on any atom is 0.227 e. The average Bonchev–Trinajstić information content (AvgIpc) is 3.09. The molecule has 1 heterocycles. The Hall–Kier alpha value is -1.59. The smallest absolute Gasteiger partial charge is 0.227 e. The molecule has 1 aromatic rings. The highest BCUT2D eigenvalue weighted by atomic mass is 16.5. The molecule has 1 aromatic carbocycles. The Balaban J connectivity index is 1.42. The first-order chi connectivity index (χ1) is 12.2. The van der Waals surface area contributed by atoms with Gasteiger partial charge < -0.3 is 20.5 Å². The fourth-order valence-electron chi connectivity index (χ4n) is 4.70. The molecule has 3 N–H and O–H groups in total. The molecule has 0 spiro atoms. The number of carbonyl (C=O) groups is 1. The third kappa shape index (κ3) is 3.67. The number of carbonyl (C=O) groups excluding carboxylic acids is 1. The Kier molecular flexibility index (Phi) is 4.95. The van der Waals surface area contributed by atoms with Crippen molar-refractivity contribution in [2.24, 2.45) is 23.5 Å². The van der Waals surface area contributed by atoms with Crippen molar-refractivity contribution in [2.75, 3.05) is 18.5 Å². The van der Waals surface area contributed by atoms with Gasteiger partial charge in [0.2, 0.25) is 5.91 Å². The Morgan fingerprint density at radius 1 is 1.16 bits per heavy atom. The van der Waals surface area contributed by atoms with Crippen molar-refractivity contribution in [3.63, 3.8) is 0 Å². The van der Waals surface area contributed by atoms with Crippen LogP contribution in [0, 0.1) is 17.8 Å². The summed E-state index contributed by atoms with van der Waals surface area (Å²) in [6, 6.07) is 7.98. The molecule has 136 valence electrons. The van der Waals surface area contributed by atoms with Crippen molar-refractivity contribution in [1.82, 2.24) is 0 Å². The molecule has 5 nitrogen and oxygen atoms in total. The van der Waals surface area contributed by atoms with Crippen molar-refractivity contribution >= 4 is 11.6 Å². The number of ether oxygens (including phenoxy) is 2. The molecule has 4 rings (SSSR count). The lowest BCUT2D eigenvalue weighted by Gasteiger charge is -2.43. The van der Waals surface area contributed by atoms with Crippen LogP contribution in [0.2, 0.25) is 0 Å². The number of nitrogens with one attached hydrogen (secondary N) is 1. The topological polar surface area (TPSA) is 73.6 Å². The zero-order valence-electron chi connectivity index (χ0n) is 14.7. The zero-order valence-corrected chi connectivity index (χ0v) is 14.7. The number of rotatable bonds is 4. The summed E-state index contributed by atoms with van der Waals surface area (Å²) in [4.78, 5) is 12.9. The van der Waals surface area contributed by atoms with Gasteiger partial charge in [0, 0.05) is 18.4 Å². The predicted molar refractivity (Wildman–Crippen MR) is 96.5 cm³/mol. The van der Waals surface area contributed by atoms with E-state index in [2.05, 4.69) is 5.32 Å². The first-order valence-corrected chi connectivity index (χ1v) is 9.60. The van der Waals surface area contributed by atoms with E-state index in [4.69, 9.17) is 15.2 Å². The van der Waals surface area contributed by atoms with Crippen molar-refractivity contribution in [1.29, 1.82) is 0 Å². The number of anilines is 1. The molecule has 0 aromatic heterocycles. The molecule has 3 atom stereocenters. The lowest BCUT2D eigenvalue weighted by molar-refractivity contribution is -0.122. The van der Waals surface area contributed by atoms with Gasteiger partial charge in [-0.2, -0.15) is 0 Å². The second kappa shape index (κ2) is 7.34. The van der Waals surface area contributed by atoms with Crippen molar-refractivity contribution in [2.45, 2.75) is 50.7 Å². The summed E-state index contributed by atoms with van der Waals surface area (Å²) in [6.07, 6.45) is 6.41. The van der Waals surface area contributed by atoms with E-state index in [1.807, 2.05) is 24.3 Å². The minimum atomic E-state index is 0.0676. The first kappa shape index (κ1) is 16.9. The van der Waals surface area contributed by atoms with Crippen LogP contribution >= 0.6 is 0 Å². The molecular weight excluding hydrogens is 316 g/mol. The van der Waals surface area contributed by atoms with E-state index >= 15 is 0 Å². The second-order valence-electron chi connectivity index (χ2n) is 7.79. The Morgan fingerprint density at radius 3 is 2.64 bits per heavy atom. The summed E-state index contributed by atoms with van der Waals surface area (Å²) < 4.78 is 11.4. The Bertz CT molecular complexity index is 601. The Morgan fingerprint density at radius 2 is 1.92 bits per heavy atom.